The summed E-state index contributed by atoms with van der Waals surface area (Å²) in [5.74, 6) is 0.723. The molecule has 2 heterocycles. The quantitative estimate of drug-likeness (QED) is 0.235. The number of fused-ring (bicyclic) bond motifs is 7. The van der Waals surface area contributed by atoms with Gasteiger partial charge in [0.1, 0.15) is 11.2 Å². The molecule has 0 amide bonds. The minimum Gasteiger partial charge on any atom is -0.456 e. The lowest BCUT2D eigenvalue weighted by atomic mass is 9.99. The summed E-state index contributed by atoms with van der Waals surface area (Å²) >= 11 is 0. The van der Waals surface area contributed by atoms with Crippen molar-refractivity contribution in [2.75, 3.05) is 0 Å². The van der Waals surface area contributed by atoms with Crippen molar-refractivity contribution in [3.05, 3.63) is 121 Å². The third-order valence-electron chi connectivity index (χ3n) is 7.23. The lowest BCUT2D eigenvalue weighted by molar-refractivity contribution is 0.669. The standard InChI is InChI=1S/C34H20N2O/c1-2-9-22(10-3-1)33-32-26-11-5-4-8-21(26)16-17-29(32)35-34(36-33)24-15-14-23-20-31-28(19-25(23)18-24)27-12-6-7-13-30(27)37-31/h1-20H. The second kappa shape index (κ2) is 7.74. The number of hydrogen-bond donors (Lipinski definition) is 0. The molecular weight excluding hydrogens is 452 g/mol. The number of furan rings is 1. The maximum absolute atomic E-state index is 6.10. The van der Waals surface area contributed by atoms with Gasteiger partial charge in [-0.05, 0) is 51.9 Å². The van der Waals surface area contributed by atoms with Gasteiger partial charge in [-0.3, -0.25) is 0 Å². The first-order valence-corrected chi connectivity index (χ1v) is 12.4. The molecule has 0 N–H and O–H groups in total. The summed E-state index contributed by atoms with van der Waals surface area (Å²) in [5, 5.41) is 7.95. The molecule has 0 bridgehead atoms. The highest BCUT2D eigenvalue weighted by Gasteiger charge is 2.15. The van der Waals surface area contributed by atoms with Gasteiger partial charge in [-0.15, -0.1) is 0 Å². The highest BCUT2D eigenvalue weighted by molar-refractivity contribution is 6.13. The van der Waals surface area contributed by atoms with Gasteiger partial charge in [0.15, 0.2) is 5.82 Å². The van der Waals surface area contributed by atoms with Crippen molar-refractivity contribution in [1.29, 1.82) is 0 Å². The van der Waals surface area contributed by atoms with Gasteiger partial charge in [-0.25, -0.2) is 9.97 Å². The van der Waals surface area contributed by atoms with Crippen LogP contribution in [-0.2, 0) is 0 Å². The molecule has 3 nitrogen and oxygen atoms in total. The van der Waals surface area contributed by atoms with E-state index in [2.05, 4.69) is 103 Å². The molecule has 0 aliphatic carbocycles. The molecule has 8 rings (SSSR count). The highest BCUT2D eigenvalue weighted by Crippen LogP contribution is 2.36. The van der Waals surface area contributed by atoms with Crippen molar-refractivity contribution in [3.63, 3.8) is 0 Å². The number of para-hydroxylation sites is 1. The van der Waals surface area contributed by atoms with Gasteiger partial charge in [-0.2, -0.15) is 0 Å². The Morgan fingerprint density at radius 3 is 2.16 bits per heavy atom. The van der Waals surface area contributed by atoms with Crippen molar-refractivity contribution >= 4 is 54.4 Å². The van der Waals surface area contributed by atoms with Gasteiger partial charge in [0.05, 0.1) is 11.2 Å². The zero-order valence-electron chi connectivity index (χ0n) is 19.8. The first-order valence-electron chi connectivity index (χ1n) is 12.4. The average Bonchev–Trinajstić information content (AvgIpc) is 3.32. The molecule has 0 spiro atoms. The molecule has 2 aromatic heterocycles. The van der Waals surface area contributed by atoms with E-state index in [9.17, 15) is 0 Å². The van der Waals surface area contributed by atoms with E-state index in [1.165, 1.54) is 5.39 Å². The van der Waals surface area contributed by atoms with E-state index in [1.807, 2.05) is 18.2 Å². The highest BCUT2D eigenvalue weighted by atomic mass is 16.3. The number of benzene rings is 6. The summed E-state index contributed by atoms with van der Waals surface area (Å²) in [7, 11) is 0. The summed E-state index contributed by atoms with van der Waals surface area (Å²) < 4.78 is 6.10. The van der Waals surface area contributed by atoms with Gasteiger partial charge in [0.2, 0.25) is 0 Å². The van der Waals surface area contributed by atoms with E-state index < -0.39 is 0 Å². The Bertz CT molecular complexity index is 2140. The van der Waals surface area contributed by atoms with Crippen LogP contribution in [0.3, 0.4) is 0 Å². The van der Waals surface area contributed by atoms with Crippen molar-refractivity contribution < 1.29 is 4.42 Å². The molecule has 0 radical (unpaired) electrons. The fourth-order valence-electron chi connectivity index (χ4n) is 5.44. The van der Waals surface area contributed by atoms with E-state index in [-0.39, 0.29) is 0 Å². The second-order valence-electron chi connectivity index (χ2n) is 9.45. The Balaban J connectivity index is 1.39. The van der Waals surface area contributed by atoms with E-state index in [0.29, 0.717) is 0 Å². The van der Waals surface area contributed by atoms with E-state index in [0.717, 1.165) is 71.6 Å². The molecule has 0 saturated carbocycles. The molecular formula is C34H20N2O. The Labute approximate surface area is 212 Å². The molecule has 0 fully saturated rings. The minimum atomic E-state index is 0.723. The fourth-order valence-corrected chi connectivity index (χ4v) is 5.44. The minimum absolute atomic E-state index is 0.723. The van der Waals surface area contributed by atoms with Crippen LogP contribution in [0.4, 0.5) is 0 Å². The lowest BCUT2D eigenvalue weighted by Gasteiger charge is -2.12. The van der Waals surface area contributed by atoms with Crippen molar-refractivity contribution in [2.24, 2.45) is 0 Å². The van der Waals surface area contributed by atoms with Crippen LogP contribution < -0.4 is 0 Å². The zero-order chi connectivity index (χ0) is 24.3. The number of nitrogens with zero attached hydrogens (tertiary/aromatic N) is 2. The Morgan fingerprint density at radius 2 is 1.24 bits per heavy atom. The second-order valence-corrected chi connectivity index (χ2v) is 9.45. The SMILES string of the molecule is c1ccc(-c2nc(-c3ccc4cc5oc6ccccc6c5cc4c3)nc3ccc4ccccc4c23)cc1. The van der Waals surface area contributed by atoms with E-state index >= 15 is 0 Å². The molecule has 0 saturated heterocycles. The maximum atomic E-state index is 6.10. The van der Waals surface area contributed by atoms with Gasteiger partial charge in [0, 0.05) is 27.3 Å². The molecule has 6 aromatic carbocycles. The van der Waals surface area contributed by atoms with Crippen LogP contribution in [0.25, 0.3) is 77.0 Å². The van der Waals surface area contributed by atoms with Gasteiger partial charge < -0.3 is 4.42 Å². The zero-order valence-corrected chi connectivity index (χ0v) is 19.8. The van der Waals surface area contributed by atoms with Crippen LogP contribution in [0, 0.1) is 0 Å². The fraction of sp³-hybridized carbons (Fsp3) is 0. The Hall–Kier alpha value is -5.02. The molecule has 8 aromatic rings. The van der Waals surface area contributed by atoms with E-state index in [1.54, 1.807) is 0 Å². The summed E-state index contributed by atoms with van der Waals surface area (Å²) in [6.07, 6.45) is 0. The topological polar surface area (TPSA) is 38.9 Å². The normalized spacial score (nSPS) is 11.8. The van der Waals surface area contributed by atoms with Crippen molar-refractivity contribution in [2.45, 2.75) is 0 Å². The molecule has 0 atom stereocenters. The summed E-state index contributed by atoms with van der Waals surface area (Å²) in [5.41, 5.74) is 5.78. The van der Waals surface area contributed by atoms with Gasteiger partial charge in [-0.1, -0.05) is 91.0 Å². The number of aromatic nitrogens is 2. The van der Waals surface area contributed by atoms with Crippen LogP contribution in [-0.4, -0.2) is 9.97 Å². The summed E-state index contributed by atoms with van der Waals surface area (Å²) in [4.78, 5) is 10.2. The first kappa shape index (κ1) is 20.2. The summed E-state index contributed by atoms with van der Waals surface area (Å²) in [6.45, 7) is 0. The van der Waals surface area contributed by atoms with Crippen LogP contribution in [0.2, 0.25) is 0 Å². The van der Waals surface area contributed by atoms with Gasteiger partial charge >= 0.3 is 0 Å². The van der Waals surface area contributed by atoms with Gasteiger partial charge in [0.25, 0.3) is 0 Å². The number of hydrogen-bond acceptors (Lipinski definition) is 3. The molecule has 172 valence electrons. The maximum Gasteiger partial charge on any atom is 0.160 e. The number of rotatable bonds is 2. The third kappa shape index (κ3) is 3.14. The molecule has 0 aliphatic heterocycles. The first-order chi connectivity index (χ1) is 18.3. The van der Waals surface area contributed by atoms with Crippen LogP contribution >= 0.6 is 0 Å². The van der Waals surface area contributed by atoms with Crippen molar-refractivity contribution in [3.8, 4) is 22.6 Å². The van der Waals surface area contributed by atoms with Crippen LogP contribution in [0.5, 0.6) is 0 Å². The summed E-state index contributed by atoms with van der Waals surface area (Å²) in [6, 6.07) is 42.0. The smallest absolute Gasteiger partial charge is 0.160 e. The molecule has 3 heteroatoms. The molecule has 37 heavy (non-hydrogen) atoms. The molecule has 0 unspecified atom stereocenters. The predicted molar refractivity (Wildman–Crippen MR) is 153 cm³/mol. The van der Waals surface area contributed by atoms with Crippen LogP contribution in [0.15, 0.2) is 126 Å². The largest absolute Gasteiger partial charge is 0.456 e. The Morgan fingerprint density at radius 1 is 0.459 bits per heavy atom. The van der Waals surface area contributed by atoms with E-state index in [4.69, 9.17) is 14.4 Å². The van der Waals surface area contributed by atoms with Crippen molar-refractivity contribution in [1.82, 2.24) is 9.97 Å². The monoisotopic (exact) mass is 472 g/mol. The third-order valence-corrected chi connectivity index (χ3v) is 7.23. The lowest BCUT2D eigenvalue weighted by Crippen LogP contribution is -1.96. The Kier molecular flexibility index (Phi) is 4.23. The average molecular weight is 473 g/mol. The van der Waals surface area contributed by atoms with Crippen LogP contribution in [0.1, 0.15) is 0 Å². The predicted octanol–water partition coefficient (Wildman–Crippen LogP) is 9.17. The molecule has 0 aliphatic rings.